The summed E-state index contributed by atoms with van der Waals surface area (Å²) >= 11 is 0. The van der Waals surface area contributed by atoms with Gasteiger partial charge < -0.3 is 5.84 Å². The third kappa shape index (κ3) is 2.08. The molecule has 0 saturated heterocycles. The zero-order valence-electron chi connectivity index (χ0n) is 12.9. The fourth-order valence-electron chi connectivity index (χ4n) is 2.75. The number of aryl methyl sites for hydroxylation is 1. The van der Waals surface area contributed by atoms with Gasteiger partial charge in [0.1, 0.15) is 0 Å². The first-order valence-electron chi connectivity index (χ1n) is 7.44. The summed E-state index contributed by atoms with van der Waals surface area (Å²) in [5, 5.41) is 0.708. The van der Waals surface area contributed by atoms with Gasteiger partial charge in [-0.2, -0.15) is 0 Å². The van der Waals surface area contributed by atoms with Crippen LogP contribution in [0.5, 0.6) is 0 Å². The van der Waals surface area contributed by atoms with Gasteiger partial charge in [0.05, 0.1) is 21.8 Å². The van der Waals surface area contributed by atoms with Crippen LogP contribution in [0, 0.1) is 6.92 Å². The second-order valence-electron chi connectivity index (χ2n) is 5.71. The minimum atomic E-state index is -0.382. The molecule has 0 unspecified atom stereocenters. The molecule has 0 bridgehead atoms. The lowest BCUT2D eigenvalue weighted by molar-refractivity contribution is 0.951. The summed E-state index contributed by atoms with van der Waals surface area (Å²) in [6, 6.07) is 12.6. The second kappa shape index (κ2) is 5.06. The van der Waals surface area contributed by atoms with Gasteiger partial charge in [-0.25, -0.2) is 9.66 Å². The monoisotopic (exact) mass is 318 g/mol. The van der Waals surface area contributed by atoms with Gasteiger partial charge in [-0.3, -0.25) is 14.2 Å². The quantitative estimate of drug-likeness (QED) is 0.428. The van der Waals surface area contributed by atoms with E-state index in [-0.39, 0.29) is 11.1 Å². The van der Waals surface area contributed by atoms with Crippen molar-refractivity contribution in [2.75, 3.05) is 5.84 Å². The van der Waals surface area contributed by atoms with Crippen molar-refractivity contribution in [2.24, 2.45) is 0 Å². The highest BCUT2D eigenvalue weighted by Crippen LogP contribution is 2.15. The molecule has 4 rings (SSSR count). The molecule has 0 spiro atoms. The van der Waals surface area contributed by atoms with Crippen LogP contribution in [-0.4, -0.2) is 14.2 Å². The molecule has 3 aromatic heterocycles. The van der Waals surface area contributed by atoms with Crippen molar-refractivity contribution in [3.63, 3.8) is 0 Å². The summed E-state index contributed by atoms with van der Waals surface area (Å²) in [6.07, 6.45) is 3.15. The molecular formula is C18H14N4O2. The second-order valence-corrected chi connectivity index (χ2v) is 5.71. The molecule has 24 heavy (non-hydrogen) atoms. The number of rotatable bonds is 1. The molecule has 4 aromatic rings. The molecule has 1 aromatic carbocycles. The summed E-state index contributed by atoms with van der Waals surface area (Å²) in [6.45, 7) is 1.99. The maximum Gasteiger partial charge on any atom is 0.278 e. The largest absolute Gasteiger partial charge is 0.336 e. The zero-order valence-corrected chi connectivity index (χ0v) is 12.9. The highest BCUT2D eigenvalue weighted by Gasteiger charge is 2.10. The van der Waals surface area contributed by atoms with E-state index in [2.05, 4.69) is 4.98 Å². The fraction of sp³-hybridized carbons (Fsp3) is 0.0556. The van der Waals surface area contributed by atoms with Gasteiger partial charge in [-0.05, 0) is 37.3 Å². The molecule has 0 fully saturated rings. The number of aromatic nitrogens is 3. The van der Waals surface area contributed by atoms with Crippen molar-refractivity contribution in [2.45, 2.75) is 6.92 Å². The molecule has 0 aliphatic carbocycles. The van der Waals surface area contributed by atoms with E-state index in [9.17, 15) is 9.59 Å². The number of nitrogen functional groups attached to an aromatic ring is 1. The Kier molecular flexibility index (Phi) is 2.99. The molecule has 0 saturated carbocycles. The molecule has 0 amide bonds. The first-order valence-corrected chi connectivity index (χ1v) is 7.44. The Balaban J connectivity index is 2.06. The number of hydrogen-bond acceptors (Lipinski definition) is 4. The van der Waals surface area contributed by atoms with Crippen LogP contribution in [0.1, 0.15) is 5.56 Å². The van der Waals surface area contributed by atoms with E-state index in [1.807, 2.05) is 31.2 Å². The van der Waals surface area contributed by atoms with Gasteiger partial charge in [0.2, 0.25) is 0 Å². The summed E-state index contributed by atoms with van der Waals surface area (Å²) in [7, 11) is 0. The third-order valence-electron chi connectivity index (χ3n) is 4.08. The lowest BCUT2D eigenvalue weighted by atomic mass is 10.2. The maximum absolute atomic E-state index is 12.8. The van der Waals surface area contributed by atoms with Gasteiger partial charge >= 0.3 is 0 Å². The van der Waals surface area contributed by atoms with Gasteiger partial charge in [0.15, 0.2) is 0 Å². The van der Waals surface area contributed by atoms with E-state index >= 15 is 0 Å². The van der Waals surface area contributed by atoms with Crippen molar-refractivity contribution in [3.05, 3.63) is 81.1 Å². The van der Waals surface area contributed by atoms with Gasteiger partial charge in [-0.1, -0.05) is 17.7 Å². The number of hydrogen-bond donors (Lipinski definition) is 1. The first-order chi connectivity index (χ1) is 11.5. The van der Waals surface area contributed by atoms with Gasteiger partial charge in [0, 0.05) is 18.1 Å². The van der Waals surface area contributed by atoms with Crippen LogP contribution in [0.4, 0.5) is 0 Å². The number of benzene rings is 1. The molecule has 6 nitrogen and oxygen atoms in total. The molecule has 0 atom stereocenters. The number of pyridine rings is 3. The smallest absolute Gasteiger partial charge is 0.278 e. The van der Waals surface area contributed by atoms with Crippen molar-refractivity contribution in [1.29, 1.82) is 0 Å². The third-order valence-corrected chi connectivity index (χ3v) is 4.08. The Hall–Kier alpha value is -3.41. The number of fused-ring (bicyclic) bond motifs is 2. The SMILES string of the molecule is Cc1ccc(-n2ccc3nc4ccn(N)c(=O)c4cc3c2=O)cc1. The average molecular weight is 318 g/mol. The highest BCUT2D eigenvalue weighted by molar-refractivity contribution is 5.91. The lowest BCUT2D eigenvalue weighted by Crippen LogP contribution is -2.26. The molecular weight excluding hydrogens is 304 g/mol. The lowest BCUT2D eigenvalue weighted by Gasteiger charge is -2.08. The molecule has 0 aliphatic rings. The Morgan fingerprint density at radius 2 is 1.50 bits per heavy atom. The zero-order chi connectivity index (χ0) is 16.8. The number of nitrogens with zero attached hydrogens (tertiary/aromatic N) is 3. The Morgan fingerprint density at radius 3 is 2.21 bits per heavy atom. The average Bonchev–Trinajstić information content (AvgIpc) is 2.59. The normalized spacial score (nSPS) is 11.2. The van der Waals surface area contributed by atoms with Crippen molar-refractivity contribution < 1.29 is 0 Å². The summed E-state index contributed by atoms with van der Waals surface area (Å²) in [5.74, 6) is 5.60. The Labute approximate surface area is 136 Å². The van der Waals surface area contributed by atoms with E-state index in [1.54, 1.807) is 29.0 Å². The minimum absolute atomic E-state index is 0.224. The van der Waals surface area contributed by atoms with Crippen LogP contribution < -0.4 is 17.0 Å². The molecule has 3 heterocycles. The summed E-state index contributed by atoms with van der Waals surface area (Å²) < 4.78 is 2.52. The minimum Gasteiger partial charge on any atom is -0.336 e. The van der Waals surface area contributed by atoms with Crippen LogP contribution in [0.2, 0.25) is 0 Å². The van der Waals surface area contributed by atoms with Crippen LogP contribution >= 0.6 is 0 Å². The number of nitrogens with two attached hydrogens (primary N) is 1. The molecule has 0 aliphatic heterocycles. The van der Waals surface area contributed by atoms with Crippen molar-refractivity contribution in [3.8, 4) is 5.69 Å². The molecule has 2 N–H and O–H groups in total. The topological polar surface area (TPSA) is 82.9 Å². The van der Waals surface area contributed by atoms with E-state index in [1.165, 1.54) is 6.20 Å². The van der Waals surface area contributed by atoms with E-state index in [0.29, 0.717) is 21.8 Å². The predicted molar refractivity (Wildman–Crippen MR) is 94.0 cm³/mol. The molecule has 118 valence electrons. The van der Waals surface area contributed by atoms with Crippen LogP contribution in [0.25, 0.3) is 27.5 Å². The van der Waals surface area contributed by atoms with Crippen molar-refractivity contribution in [1.82, 2.24) is 14.2 Å². The standard InChI is InChI=1S/C18H14N4O2/c1-11-2-4-12(5-3-11)21-8-6-15-13(17(21)23)10-14-16(20-15)7-9-22(19)18(14)24/h2-10H,19H2,1H3. The van der Waals surface area contributed by atoms with E-state index < -0.39 is 0 Å². The van der Waals surface area contributed by atoms with Gasteiger partial charge in [0.25, 0.3) is 11.1 Å². The summed E-state index contributed by atoms with van der Waals surface area (Å²) in [5.41, 5.74) is 2.33. The Morgan fingerprint density at radius 1 is 0.875 bits per heavy atom. The van der Waals surface area contributed by atoms with Gasteiger partial charge in [-0.15, -0.1) is 0 Å². The molecule has 0 radical (unpaired) electrons. The first kappa shape index (κ1) is 14.2. The Bertz CT molecular complexity index is 1200. The van der Waals surface area contributed by atoms with Crippen LogP contribution in [0.3, 0.4) is 0 Å². The van der Waals surface area contributed by atoms with Crippen LogP contribution in [0.15, 0.2) is 64.4 Å². The molecule has 6 heteroatoms. The maximum atomic E-state index is 12.8. The summed E-state index contributed by atoms with van der Waals surface area (Å²) in [4.78, 5) is 29.4. The predicted octanol–water partition coefficient (Wildman–Crippen LogP) is 1.72. The fourth-order valence-corrected chi connectivity index (χ4v) is 2.75. The van der Waals surface area contributed by atoms with Crippen molar-refractivity contribution >= 4 is 21.8 Å². The highest BCUT2D eigenvalue weighted by atomic mass is 16.1. The van der Waals surface area contributed by atoms with E-state index in [4.69, 9.17) is 5.84 Å². The van der Waals surface area contributed by atoms with E-state index in [0.717, 1.165) is 15.9 Å². The van der Waals surface area contributed by atoms with Crippen LogP contribution in [-0.2, 0) is 0 Å².